The maximum Gasteiger partial charge on any atom is 0.320 e. The van der Waals surface area contributed by atoms with Crippen LogP contribution in [0.5, 0.6) is 0 Å². The molecule has 1 saturated heterocycles. The Hall–Kier alpha value is -1.60. The van der Waals surface area contributed by atoms with E-state index in [1.54, 1.807) is 28.2 Å². The number of ether oxygens (including phenoxy) is 1. The number of aliphatic carboxylic acids is 1. The second-order valence-corrected chi connectivity index (χ2v) is 5.77. The van der Waals surface area contributed by atoms with Gasteiger partial charge in [0.15, 0.2) is 0 Å². The first-order valence-corrected chi connectivity index (χ1v) is 7.29. The minimum Gasteiger partial charge on any atom is -0.481 e. The van der Waals surface area contributed by atoms with Crippen molar-refractivity contribution in [3.63, 3.8) is 0 Å². The van der Waals surface area contributed by atoms with Gasteiger partial charge in [-0.2, -0.15) is 0 Å². The molecule has 6 nitrogen and oxygen atoms in total. The molecule has 2 rings (SSSR count). The molecule has 1 unspecified atom stereocenters. The largest absolute Gasteiger partial charge is 0.481 e. The highest BCUT2D eigenvalue weighted by molar-refractivity contribution is 7.09. The van der Waals surface area contributed by atoms with Crippen molar-refractivity contribution < 1.29 is 19.4 Å². The molecule has 1 aliphatic rings. The summed E-state index contributed by atoms with van der Waals surface area (Å²) >= 11 is 1.60. The van der Waals surface area contributed by atoms with Crippen molar-refractivity contribution in [3.8, 4) is 0 Å². The zero-order valence-corrected chi connectivity index (χ0v) is 12.1. The van der Waals surface area contributed by atoms with Gasteiger partial charge in [0.05, 0.1) is 32.2 Å². The van der Waals surface area contributed by atoms with Crippen LogP contribution >= 0.6 is 11.3 Å². The van der Waals surface area contributed by atoms with E-state index in [1.165, 1.54) is 0 Å². The van der Waals surface area contributed by atoms with Crippen molar-refractivity contribution in [2.45, 2.75) is 19.0 Å². The van der Waals surface area contributed by atoms with Gasteiger partial charge in [-0.25, -0.2) is 4.79 Å². The molecule has 110 valence electrons. The van der Waals surface area contributed by atoms with E-state index in [1.807, 2.05) is 17.5 Å². The van der Waals surface area contributed by atoms with E-state index in [-0.39, 0.29) is 25.1 Å². The molecule has 20 heavy (non-hydrogen) atoms. The number of amides is 2. The lowest BCUT2D eigenvalue weighted by atomic mass is 10.1. The van der Waals surface area contributed by atoms with Crippen molar-refractivity contribution in [3.05, 3.63) is 22.4 Å². The lowest BCUT2D eigenvalue weighted by Crippen LogP contribution is -2.53. The molecular weight excluding hydrogens is 280 g/mol. The number of rotatable bonds is 4. The van der Waals surface area contributed by atoms with Gasteiger partial charge in [0, 0.05) is 18.5 Å². The molecule has 0 spiro atoms. The minimum absolute atomic E-state index is 0.0847. The Kier molecular flexibility index (Phi) is 4.97. The molecule has 2 amide bonds. The van der Waals surface area contributed by atoms with E-state index in [2.05, 4.69) is 0 Å². The van der Waals surface area contributed by atoms with E-state index >= 15 is 0 Å². The predicted octanol–water partition coefficient (Wildman–Crippen LogP) is 1.48. The lowest BCUT2D eigenvalue weighted by molar-refractivity contribution is -0.139. The third-order valence-electron chi connectivity index (χ3n) is 3.18. The van der Waals surface area contributed by atoms with Crippen molar-refractivity contribution >= 4 is 23.3 Å². The number of urea groups is 1. The lowest BCUT2D eigenvalue weighted by Gasteiger charge is -2.37. The number of carboxylic acids is 1. The van der Waals surface area contributed by atoms with Crippen LogP contribution in [0.15, 0.2) is 17.5 Å². The van der Waals surface area contributed by atoms with Crippen LogP contribution in [-0.4, -0.2) is 59.8 Å². The van der Waals surface area contributed by atoms with Gasteiger partial charge in [-0.1, -0.05) is 6.07 Å². The number of carboxylic acid groups (broad SMARTS) is 1. The molecule has 0 aliphatic carbocycles. The van der Waals surface area contributed by atoms with Crippen LogP contribution in [0.4, 0.5) is 4.79 Å². The zero-order valence-electron chi connectivity index (χ0n) is 11.3. The van der Waals surface area contributed by atoms with Gasteiger partial charge in [-0.05, 0) is 11.4 Å². The number of morpholine rings is 1. The molecule has 0 bridgehead atoms. The Bertz CT molecular complexity index is 463. The third kappa shape index (κ3) is 3.71. The highest BCUT2D eigenvalue weighted by Gasteiger charge is 2.30. The number of carbonyl (C=O) groups is 2. The van der Waals surface area contributed by atoms with Crippen molar-refractivity contribution in [2.75, 3.05) is 26.8 Å². The van der Waals surface area contributed by atoms with Crippen LogP contribution in [0, 0.1) is 0 Å². The molecule has 0 saturated carbocycles. The van der Waals surface area contributed by atoms with Gasteiger partial charge in [0.1, 0.15) is 0 Å². The van der Waals surface area contributed by atoms with Gasteiger partial charge in [0.25, 0.3) is 0 Å². The summed E-state index contributed by atoms with van der Waals surface area (Å²) in [5.41, 5.74) is 0. The summed E-state index contributed by atoms with van der Waals surface area (Å²) in [7, 11) is 1.73. The quantitative estimate of drug-likeness (QED) is 0.914. The predicted molar refractivity (Wildman–Crippen MR) is 74.7 cm³/mol. The first-order valence-electron chi connectivity index (χ1n) is 6.41. The highest BCUT2D eigenvalue weighted by atomic mass is 32.1. The van der Waals surface area contributed by atoms with E-state index in [0.29, 0.717) is 19.7 Å². The SMILES string of the molecule is CN(Cc1cccs1)C(=O)N1CCOCC1CC(=O)O. The van der Waals surface area contributed by atoms with Crippen LogP contribution < -0.4 is 0 Å². The maximum absolute atomic E-state index is 12.4. The van der Waals surface area contributed by atoms with Crippen molar-refractivity contribution in [1.29, 1.82) is 0 Å². The van der Waals surface area contributed by atoms with Crippen molar-refractivity contribution in [1.82, 2.24) is 9.80 Å². The number of thiophene rings is 1. The van der Waals surface area contributed by atoms with Crippen molar-refractivity contribution in [2.24, 2.45) is 0 Å². The van der Waals surface area contributed by atoms with E-state index in [4.69, 9.17) is 9.84 Å². The summed E-state index contributed by atoms with van der Waals surface area (Å²) in [4.78, 5) is 27.6. The average Bonchev–Trinajstić information content (AvgIpc) is 2.90. The number of carbonyl (C=O) groups excluding carboxylic acids is 1. The van der Waals surface area contributed by atoms with Gasteiger partial charge in [-0.15, -0.1) is 11.3 Å². The molecule has 1 aromatic rings. The standard InChI is InChI=1S/C13H18N2O4S/c1-14(8-11-3-2-6-20-11)13(18)15-4-5-19-9-10(15)7-12(16)17/h2-3,6,10H,4-5,7-9H2,1H3,(H,16,17). The number of hydrogen-bond donors (Lipinski definition) is 1. The topological polar surface area (TPSA) is 70.1 Å². The number of nitrogens with zero attached hydrogens (tertiary/aromatic N) is 2. The Labute approximate surface area is 121 Å². The summed E-state index contributed by atoms with van der Waals surface area (Å²) in [6.45, 7) is 1.71. The summed E-state index contributed by atoms with van der Waals surface area (Å²) < 4.78 is 5.28. The van der Waals surface area contributed by atoms with E-state index in [9.17, 15) is 9.59 Å². The molecule has 1 N–H and O–H groups in total. The summed E-state index contributed by atoms with van der Waals surface area (Å²) in [6, 6.07) is 3.38. The summed E-state index contributed by atoms with van der Waals surface area (Å²) in [5, 5.41) is 10.9. The molecule has 1 aliphatic heterocycles. The second kappa shape index (κ2) is 6.71. The molecule has 2 heterocycles. The molecule has 1 fully saturated rings. The normalized spacial score (nSPS) is 18.9. The monoisotopic (exact) mass is 298 g/mol. The van der Waals surface area contributed by atoms with Crippen LogP contribution in [0.25, 0.3) is 0 Å². The number of hydrogen-bond acceptors (Lipinski definition) is 4. The van der Waals surface area contributed by atoms with Crippen LogP contribution in [0.2, 0.25) is 0 Å². The van der Waals surface area contributed by atoms with Crippen LogP contribution in [0.1, 0.15) is 11.3 Å². The van der Waals surface area contributed by atoms with Crippen LogP contribution in [-0.2, 0) is 16.1 Å². The van der Waals surface area contributed by atoms with Gasteiger partial charge in [0.2, 0.25) is 0 Å². The molecule has 1 aromatic heterocycles. The second-order valence-electron chi connectivity index (χ2n) is 4.74. The van der Waals surface area contributed by atoms with Crippen LogP contribution in [0.3, 0.4) is 0 Å². The smallest absolute Gasteiger partial charge is 0.320 e. The van der Waals surface area contributed by atoms with E-state index < -0.39 is 5.97 Å². The molecule has 0 radical (unpaired) electrons. The summed E-state index contributed by atoms with van der Waals surface area (Å²) in [5.74, 6) is -0.917. The third-order valence-corrected chi connectivity index (χ3v) is 4.04. The minimum atomic E-state index is -0.917. The fraction of sp³-hybridized carbons (Fsp3) is 0.538. The molecular formula is C13H18N2O4S. The Morgan fingerprint density at radius 2 is 2.40 bits per heavy atom. The van der Waals surface area contributed by atoms with Gasteiger partial charge < -0.3 is 19.6 Å². The Morgan fingerprint density at radius 1 is 1.60 bits per heavy atom. The van der Waals surface area contributed by atoms with Gasteiger partial charge in [-0.3, -0.25) is 4.79 Å². The molecule has 7 heteroatoms. The van der Waals surface area contributed by atoms with E-state index in [0.717, 1.165) is 4.88 Å². The highest BCUT2D eigenvalue weighted by Crippen LogP contribution is 2.16. The molecule has 0 aromatic carbocycles. The fourth-order valence-corrected chi connectivity index (χ4v) is 2.96. The summed E-state index contributed by atoms with van der Waals surface area (Å²) in [6.07, 6.45) is -0.0847. The fourth-order valence-electron chi connectivity index (χ4n) is 2.20. The first kappa shape index (κ1) is 14.8. The Balaban J connectivity index is 1.99. The van der Waals surface area contributed by atoms with Gasteiger partial charge >= 0.3 is 12.0 Å². The zero-order chi connectivity index (χ0) is 14.5. The Morgan fingerprint density at radius 3 is 3.05 bits per heavy atom. The molecule has 1 atom stereocenters. The first-order chi connectivity index (χ1) is 9.58. The average molecular weight is 298 g/mol. The maximum atomic E-state index is 12.4.